The first-order chi connectivity index (χ1) is 5.67. The third-order valence-corrected chi connectivity index (χ3v) is 2.68. The van der Waals surface area contributed by atoms with Crippen LogP contribution < -0.4 is 5.09 Å². The number of hydrogen-bond acceptors (Lipinski definition) is 2. The average molecular weight is 185 g/mol. The van der Waals surface area contributed by atoms with Crippen LogP contribution in [0.1, 0.15) is 5.56 Å². The molecule has 0 bridgehead atoms. The Morgan fingerprint density at radius 3 is 3.08 bits per heavy atom. The molecule has 1 atom stereocenters. The van der Waals surface area contributed by atoms with Crippen LogP contribution in [0.3, 0.4) is 0 Å². The van der Waals surface area contributed by atoms with E-state index in [1.165, 1.54) is 0 Å². The molecule has 0 saturated carbocycles. The maximum atomic E-state index is 11.0. The smallest absolute Gasteiger partial charge is 0.308 e. The van der Waals surface area contributed by atoms with Crippen molar-refractivity contribution in [1.82, 2.24) is 0 Å². The fourth-order valence-corrected chi connectivity index (χ4v) is 2.00. The molecule has 0 radical (unpaired) electrons. The number of rotatable bonds is 0. The Bertz CT molecular complexity index is 352. The van der Waals surface area contributed by atoms with E-state index in [9.17, 15) is 4.57 Å². The third-order valence-electron chi connectivity index (χ3n) is 1.67. The largest absolute Gasteiger partial charge is 0.430 e. The van der Waals surface area contributed by atoms with Gasteiger partial charge in [0.25, 0.3) is 0 Å². The molecule has 12 heavy (non-hydrogen) atoms. The molecule has 1 aliphatic heterocycles. The highest BCUT2D eigenvalue weighted by Crippen LogP contribution is 2.47. The summed E-state index contributed by atoms with van der Waals surface area (Å²) in [5.41, 5.74) is 1.58. The van der Waals surface area contributed by atoms with Crippen LogP contribution in [0, 0.1) is 0 Å². The molecule has 1 aliphatic rings. The predicted octanol–water partition coefficient (Wildman–Crippen LogP) is 1.73. The van der Waals surface area contributed by atoms with Crippen LogP contribution in [-0.4, -0.2) is 4.89 Å². The van der Waals surface area contributed by atoms with Crippen molar-refractivity contribution in [3.05, 3.63) is 29.8 Å². The van der Waals surface area contributed by atoms with E-state index in [-0.39, 0.29) is 6.61 Å². The molecule has 0 amide bonds. The maximum absolute atomic E-state index is 11.0. The van der Waals surface area contributed by atoms with Gasteiger partial charge < -0.3 is 4.89 Å². The first-order valence-corrected chi connectivity index (χ1v) is 5.09. The Balaban J connectivity index is 2.42. The number of fused-ring (bicyclic) bond motifs is 1. The minimum atomic E-state index is -3.57. The van der Waals surface area contributed by atoms with Gasteiger partial charge in [0, 0.05) is 11.3 Å². The number of nitrogens with one attached hydrogen (secondary N) is 1. The van der Waals surface area contributed by atoms with Crippen LogP contribution in [0.4, 0.5) is 5.69 Å². The van der Waals surface area contributed by atoms with Crippen molar-refractivity contribution < 1.29 is 14.0 Å². The second-order valence-corrected chi connectivity index (χ2v) is 4.09. The zero-order chi connectivity index (χ0) is 8.60. The first kappa shape index (κ1) is 7.80. The van der Waals surface area contributed by atoms with Gasteiger partial charge in [0.05, 0.1) is 6.61 Å². The van der Waals surface area contributed by atoms with Gasteiger partial charge in [-0.2, -0.15) is 0 Å². The Kier molecular flexibility index (Phi) is 1.68. The second kappa shape index (κ2) is 2.59. The number of hydrogen-bond donors (Lipinski definition) is 2. The summed E-state index contributed by atoms with van der Waals surface area (Å²) in [5, 5.41) is 2.43. The van der Waals surface area contributed by atoms with Crippen LogP contribution in [0.5, 0.6) is 0 Å². The molecule has 0 fully saturated rings. The van der Waals surface area contributed by atoms with Crippen LogP contribution in [0.15, 0.2) is 24.3 Å². The minimum Gasteiger partial charge on any atom is -0.308 e. The third kappa shape index (κ3) is 1.37. The zero-order valence-electron chi connectivity index (χ0n) is 6.23. The molecule has 0 aliphatic carbocycles. The highest BCUT2D eigenvalue weighted by molar-refractivity contribution is 7.54. The molecule has 1 unspecified atom stereocenters. The van der Waals surface area contributed by atoms with E-state index in [0.29, 0.717) is 5.69 Å². The number of para-hydroxylation sites is 1. The molecule has 0 saturated heterocycles. The number of benzene rings is 1. The number of anilines is 1. The van der Waals surface area contributed by atoms with Crippen LogP contribution in [-0.2, 0) is 15.7 Å². The van der Waals surface area contributed by atoms with Crippen LogP contribution in [0.25, 0.3) is 0 Å². The summed E-state index contributed by atoms with van der Waals surface area (Å²) in [7, 11) is -3.57. The summed E-state index contributed by atoms with van der Waals surface area (Å²) in [5.74, 6) is 0. The van der Waals surface area contributed by atoms with Gasteiger partial charge in [-0.25, -0.2) is 4.57 Å². The van der Waals surface area contributed by atoms with Gasteiger partial charge in [0.15, 0.2) is 0 Å². The molecular formula is C7H8NO3P. The summed E-state index contributed by atoms with van der Waals surface area (Å²) in [6.45, 7) is 0.191. The predicted molar refractivity (Wildman–Crippen MR) is 44.7 cm³/mol. The van der Waals surface area contributed by atoms with E-state index in [1.54, 1.807) is 12.1 Å². The standard InChI is InChI=1S/C7H8NO3P/c9-12(10)8-7-4-2-1-3-6(7)5-11-12/h1-4H,5H2,(H2,8,9,10). The summed E-state index contributed by atoms with van der Waals surface area (Å²) in [6.07, 6.45) is 0. The molecule has 2 N–H and O–H groups in total. The SMILES string of the molecule is O=P1(O)Nc2ccccc2CO1. The summed E-state index contributed by atoms with van der Waals surface area (Å²) in [6, 6.07) is 7.26. The van der Waals surface area contributed by atoms with E-state index in [2.05, 4.69) is 5.09 Å². The van der Waals surface area contributed by atoms with Crippen LogP contribution in [0.2, 0.25) is 0 Å². The minimum absolute atomic E-state index is 0.191. The second-order valence-electron chi connectivity index (χ2n) is 2.56. The summed E-state index contributed by atoms with van der Waals surface area (Å²) in [4.78, 5) is 9.04. The van der Waals surface area contributed by atoms with E-state index in [1.807, 2.05) is 12.1 Å². The molecule has 1 heterocycles. The van der Waals surface area contributed by atoms with Crippen molar-refractivity contribution in [2.45, 2.75) is 6.61 Å². The van der Waals surface area contributed by atoms with Gasteiger partial charge in [-0.1, -0.05) is 18.2 Å². The molecular weight excluding hydrogens is 177 g/mol. The maximum Gasteiger partial charge on any atom is 0.430 e. The summed E-state index contributed by atoms with van der Waals surface area (Å²) >= 11 is 0. The molecule has 0 spiro atoms. The van der Waals surface area contributed by atoms with E-state index < -0.39 is 7.75 Å². The molecule has 0 aromatic heterocycles. The quantitative estimate of drug-likeness (QED) is 0.604. The van der Waals surface area contributed by atoms with E-state index >= 15 is 0 Å². The van der Waals surface area contributed by atoms with Gasteiger partial charge in [0.1, 0.15) is 0 Å². The lowest BCUT2D eigenvalue weighted by atomic mass is 10.2. The average Bonchev–Trinajstić information content (AvgIpc) is 2.02. The Morgan fingerprint density at radius 1 is 1.50 bits per heavy atom. The lowest BCUT2D eigenvalue weighted by Gasteiger charge is -2.21. The first-order valence-electron chi connectivity index (χ1n) is 3.51. The monoisotopic (exact) mass is 185 g/mol. The van der Waals surface area contributed by atoms with Crippen molar-refractivity contribution in [1.29, 1.82) is 0 Å². The van der Waals surface area contributed by atoms with Gasteiger partial charge in [-0.3, -0.25) is 9.61 Å². The van der Waals surface area contributed by atoms with Gasteiger partial charge in [0.2, 0.25) is 0 Å². The molecule has 5 heteroatoms. The van der Waals surface area contributed by atoms with E-state index in [4.69, 9.17) is 9.42 Å². The summed E-state index contributed by atoms with van der Waals surface area (Å²) < 4.78 is 15.7. The van der Waals surface area contributed by atoms with Crippen LogP contribution >= 0.6 is 7.75 Å². The van der Waals surface area contributed by atoms with Crippen molar-refractivity contribution in [2.75, 3.05) is 5.09 Å². The topological polar surface area (TPSA) is 58.6 Å². The Morgan fingerprint density at radius 2 is 2.25 bits per heavy atom. The Labute approximate surface area is 69.8 Å². The van der Waals surface area contributed by atoms with Crippen molar-refractivity contribution >= 4 is 13.4 Å². The molecule has 2 rings (SSSR count). The molecule has 4 nitrogen and oxygen atoms in total. The lowest BCUT2D eigenvalue weighted by Crippen LogP contribution is -2.08. The van der Waals surface area contributed by atoms with Crippen molar-refractivity contribution in [2.24, 2.45) is 0 Å². The van der Waals surface area contributed by atoms with Gasteiger partial charge in [-0.05, 0) is 6.07 Å². The zero-order valence-corrected chi connectivity index (χ0v) is 7.12. The Hall–Kier alpha value is -0.830. The van der Waals surface area contributed by atoms with E-state index in [0.717, 1.165) is 5.56 Å². The molecule has 64 valence electrons. The van der Waals surface area contributed by atoms with Crippen molar-refractivity contribution in [3.63, 3.8) is 0 Å². The van der Waals surface area contributed by atoms with Crippen molar-refractivity contribution in [3.8, 4) is 0 Å². The van der Waals surface area contributed by atoms with Gasteiger partial charge in [-0.15, -0.1) is 0 Å². The lowest BCUT2D eigenvalue weighted by molar-refractivity contribution is 0.250. The highest BCUT2D eigenvalue weighted by atomic mass is 31.2. The fourth-order valence-electron chi connectivity index (χ4n) is 1.10. The molecule has 1 aromatic carbocycles. The van der Waals surface area contributed by atoms with Gasteiger partial charge >= 0.3 is 7.75 Å². The normalized spacial score (nSPS) is 27.4. The fraction of sp³-hybridized carbons (Fsp3) is 0.143. The highest BCUT2D eigenvalue weighted by Gasteiger charge is 2.25. The molecule has 1 aromatic rings.